The highest BCUT2D eigenvalue weighted by molar-refractivity contribution is 5.25. The summed E-state index contributed by atoms with van der Waals surface area (Å²) in [5.74, 6) is -26.1. The summed E-state index contributed by atoms with van der Waals surface area (Å²) in [7, 11) is 0. The van der Waals surface area contributed by atoms with Gasteiger partial charge in [0.2, 0.25) is 0 Å². The summed E-state index contributed by atoms with van der Waals surface area (Å²) in [4.78, 5) is 0. The van der Waals surface area contributed by atoms with Gasteiger partial charge < -0.3 is 80.5 Å². The maximum Gasteiger partial charge on any atom is 0.508 e. The zero-order valence-corrected chi connectivity index (χ0v) is 38.7. The van der Waals surface area contributed by atoms with Crippen LogP contribution in [0.3, 0.4) is 0 Å². The molecule has 0 aromatic heterocycles. The van der Waals surface area contributed by atoms with Crippen LogP contribution in [0.5, 0.6) is 0 Å². The highest BCUT2D eigenvalue weighted by atomic mass is 16.9. The summed E-state index contributed by atoms with van der Waals surface area (Å²) in [6, 6.07) is 0. The van der Waals surface area contributed by atoms with Gasteiger partial charge in [0.05, 0.1) is 106 Å². The Kier molecular flexibility index (Phi) is 25.5. The van der Waals surface area contributed by atoms with Gasteiger partial charge in [-0.05, 0) is 6.42 Å². The van der Waals surface area contributed by atoms with E-state index in [9.17, 15) is 0 Å². The van der Waals surface area contributed by atoms with Crippen molar-refractivity contribution in [3.8, 4) is 0 Å². The molecule has 0 saturated carbocycles. The first kappa shape index (κ1) is 59.2. The van der Waals surface area contributed by atoms with Crippen LogP contribution in [0.1, 0.15) is 51.9 Å². The molecule has 0 heterocycles. The minimum absolute atomic E-state index is 0.228. The molecule has 0 unspecified atom stereocenters. The summed E-state index contributed by atoms with van der Waals surface area (Å²) >= 11 is 0. The van der Waals surface area contributed by atoms with E-state index in [1.807, 2.05) is 0 Å². The number of hydrogen-bond donors (Lipinski definition) is 0. The van der Waals surface area contributed by atoms with Gasteiger partial charge in [-0.3, -0.25) is 0 Å². The standard InChI is InChI=1S/C50H68O17/c1-19-37-38-39-40-41-42-43(51-20-2,52-21-3)44(53-22-4,54-23-5)45(55-24-6,56-25-7)46(57-26-8,58-27-9)47(59-28-10,60-29-11)48(61-30-12,62-31-13)49(63-32-14,64-33-15)50(65-34-16,66-35-17)67-36-18/h20-36H,2-19,37-42H2,1H3. The highest BCUT2D eigenvalue weighted by Gasteiger charge is 3.01. The lowest BCUT2D eigenvalue weighted by atomic mass is 9.75. The Bertz CT molecular complexity index is 1620. The third-order valence-corrected chi connectivity index (χ3v) is 9.18. The zero-order chi connectivity index (χ0) is 51.0. The van der Waals surface area contributed by atoms with Crippen molar-refractivity contribution in [2.75, 3.05) is 0 Å². The van der Waals surface area contributed by atoms with Crippen LogP contribution in [-0.2, 0) is 80.5 Å². The van der Waals surface area contributed by atoms with Crippen LogP contribution in [0.4, 0.5) is 0 Å². The number of unbranched alkanes of at least 4 members (excludes halogenated alkanes) is 5. The average molecular weight is 941 g/mol. The number of hydrogen-bond acceptors (Lipinski definition) is 17. The van der Waals surface area contributed by atoms with Gasteiger partial charge in [0.1, 0.15) is 0 Å². The van der Waals surface area contributed by atoms with Gasteiger partial charge in [-0.1, -0.05) is 151 Å². The fourth-order valence-corrected chi connectivity index (χ4v) is 7.29. The van der Waals surface area contributed by atoms with Crippen molar-refractivity contribution in [3.05, 3.63) is 218 Å². The third kappa shape index (κ3) is 10.5. The van der Waals surface area contributed by atoms with Crippen molar-refractivity contribution in [2.24, 2.45) is 0 Å². The van der Waals surface area contributed by atoms with E-state index < -0.39 is 46.5 Å². The fourth-order valence-electron chi connectivity index (χ4n) is 7.29. The molecule has 17 heteroatoms. The molecule has 0 atom stereocenters. The van der Waals surface area contributed by atoms with Gasteiger partial charge >= 0.3 is 46.5 Å². The lowest BCUT2D eigenvalue weighted by Gasteiger charge is -2.62. The SMILES string of the molecule is C=COC(CCCCCCCC)(OC=C)C(OC=C)(OC=C)C(OC=C)(OC=C)C(OC=C)(OC=C)C(OC=C)(OC=C)C(OC=C)(OC=C)C(OC=C)(OC=C)C(OC=C)(OC=C)OC=C. The number of ether oxygens (including phenoxy) is 17. The van der Waals surface area contributed by atoms with Gasteiger partial charge in [0.25, 0.3) is 0 Å². The Balaban J connectivity index is 11.0. The van der Waals surface area contributed by atoms with E-state index in [0.29, 0.717) is 6.42 Å². The topological polar surface area (TPSA) is 157 Å². The Morgan fingerprint density at radius 1 is 0.239 bits per heavy atom. The molecule has 0 rings (SSSR count). The molecule has 0 aliphatic heterocycles. The Morgan fingerprint density at radius 3 is 0.716 bits per heavy atom. The Labute approximate surface area is 396 Å². The minimum Gasteiger partial charge on any atom is -0.454 e. The molecule has 17 nitrogen and oxygen atoms in total. The quantitative estimate of drug-likeness (QED) is 0.0322. The third-order valence-electron chi connectivity index (χ3n) is 9.18. The van der Waals surface area contributed by atoms with Crippen molar-refractivity contribution < 1.29 is 80.5 Å². The first-order valence-electron chi connectivity index (χ1n) is 20.2. The van der Waals surface area contributed by atoms with E-state index in [4.69, 9.17) is 80.5 Å². The van der Waals surface area contributed by atoms with Crippen LogP contribution < -0.4 is 0 Å². The summed E-state index contributed by atoms with van der Waals surface area (Å²) in [5.41, 5.74) is 0. The zero-order valence-electron chi connectivity index (χ0n) is 38.7. The summed E-state index contributed by atoms with van der Waals surface area (Å²) in [6.07, 6.45) is 18.1. The van der Waals surface area contributed by atoms with Gasteiger partial charge in [0.15, 0.2) is 0 Å². The summed E-state index contributed by atoms with van der Waals surface area (Å²) in [5, 5.41) is 0. The van der Waals surface area contributed by atoms with Gasteiger partial charge in [-0.15, -0.1) is 0 Å². The van der Waals surface area contributed by atoms with Crippen molar-refractivity contribution in [1.29, 1.82) is 0 Å². The van der Waals surface area contributed by atoms with E-state index >= 15 is 0 Å². The molecule has 0 radical (unpaired) electrons. The molecule has 0 aromatic carbocycles. The van der Waals surface area contributed by atoms with E-state index in [1.165, 1.54) is 0 Å². The molecule has 0 N–H and O–H groups in total. The monoisotopic (exact) mass is 940 g/mol. The van der Waals surface area contributed by atoms with Crippen LogP contribution in [0.2, 0.25) is 0 Å². The minimum atomic E-state index is -3.58. The maximum absolute atomic E-state index is 6.59. The van der Waals surface area contributed by atoms with E-state index in [-0.39, 0.29) is 12.8 Å². The smallest absolute Gasteiger partial charge is 0.454 e. The molecule has 67 heavy (non-hydrogen) atoms. The first-order chi connectivity index (χ1) is 32.3. The molecule has 0 saturated heterocycles. The molecule has 0 aliphatic rings. The molecular weight excluding hydrogens is 873 g/mol. The Hall–Kier alpha value is -7.82. The van der Waals surface area contributed by atoms with Crippen molar-refractivity contribution >= 4 is 0 Å². The van der Waals surface area contributed by atoms with E-state index in [2.05, 4.69) is 119 Å². The molecule has 370 valence electrons. The molecule has 0 fully saturated rings. The van der Waals surface area contributed by atoms with Crippen LogP contribution in [0.15, 0.2) is 218 Å². The second kappa shape index (κ2) is 28.9. The predicted octanol–water partition coefficient (Wildman–Crippen LogP) is 12.0. The Morgan fingerprint density at radius 2 is 0.448 bits per heavy atom. The van der Waals surface area contributed by atoms with E-state index in [1.54, 1.807) is 0 Å². The molecule has 0 bridgehead atoms. The molecular formula is C50H68O17. The van der Waals surface area contributed by atoms with Crippen LogP contribution in [0.25, 0.3) is 0 Å². The van der Waals surface area contributed by atoms with Crippen molar-refractivity contribution in [2.45, 2.75) is 98.4 Å². The van der Waals surface area contributed by atoms with Gasteiger partial charge in [-0.2, -0.15) is 0 Å². The van der Waals surface area contributed by atoms with Gasteiger partial charge in [0, 0.05) is 6.42 Å². The van der Waals surface area contributed by atoms with Crippen molar-refractivity contribution in [3.63, 3.8) is 0 Å². The van der Waals surface area contributed by atoms with Crippen LogP contribution in [0, 0.1) is 0 Å². The van der Waals surface area contributed by atoms with Crippen LogP contribution in [-0.4, -0.2) is 46.5 Å². The highest BCUT2D eigenvalue weighted by Crippen LogP contribution is 2.64. The first-order valence-corrected chi connectivity index (χ1v) is 20.2. The summed E-state index contributed by atoms with van der Waals surface area (Å²) in [6.45, 7) is 66.3. The molecule has 0 amide bonds. The van der Waals surface area contributed by atoms with Crippen molar-refractivity contribution in [1.82, 2.24) is 0 Å². The largest absolute Gasteiger partial charge is 0.508 e. The van der Waals surface area contributed by atoms with E-state index in [0.717, 1.165) is 132 Å². The summed E-state index contributed by atoms with van der Waals surface area (Å²) < 4.78 is 109. The fraction of sp³-hybridized carbons (Fsp3) is 0.320. The normalized spacial score (nSPS) is 11.6. The second-order valence-electron chi connectivity index (χ2n) is 12.4. The lowest BCUT2D eigenvalue weighted by Crippen LogP contribution is -2.91. The second-order valence-corrected chi connectivity index (χ2v) is 12.4. The molecule has 0 aromatic rings. The maximum atomic E-state index is 6.59. The predicted molar refractivity (Wildman–Crippen MR) is 252 cm³/mol. The number of rotatable bonds is 48. The molecule has 0 spiro atoms. The average Bonchev–Trinajstić information content (AvgIpc) is 3.29. The van der Waals surface area contributed by atoms with Gasteiger partial charge in [-0.25, -0.2) is 0 Å². The lowest BCUT2D eigenvalue weighted by molar-refractivity contribution is -0.593. The molecule has 0 aliphatic carbocycles. The van der Waals surface area contributed by atoms with Crippen LogP contribution >= 0.6 is 0 Å².